The third-order valence-corrected chi connectivity index (χ3v) is 4.44. The minimum absolute atomic E-state index is 0. The van der Waals surface area contributed by atoms with E-state index in [2.05, 4.69) is 55.5 Å². The molecule has 1 aromatic carbocycles. The number of aromatic nitrogens is 1. The Kier molecular flexibility index (Phi) is 6.85. The first-order valence-electron chi connectivity index (χ1n) is 7.40. The Labute approximate surface area is 143 Å². The molecule has 1 aromatic heterocycles. The van der Waals surface area contributed by atoms with Crippen molar-refractivity contribution in [1.29, 1.82) is 0 Å². The molecular weight excluding hydrogens is 316 g/mol. The predicted octanol–water partition coefficient (Wildman–Crippen LogP) is 4.90. The summed E-state index contributed by atoms with van der Waals surface area (Å²) in [4.78, 5) is 4.68. The van der Waals surface area contributed by atoms with Crippen molar-refractivity contribution in [2.75, 3.05) is 7.05 Å². The van der Waals surface area contributed by atoms with Crippen LogP contribution in [-0.2, 0) is 6.54 Å². The molecule has 122 valence electrons. The summed E-state index contributed by atoms with van der Waals surface area (Å²) >= 11 is 1.67. The number of thiazole rings is 1. The van der Waals surface area contributed by atoms with E-state index < -0.39 is 0 Å². The first-order chi connectivity index (χ1) is 9.93. The Bertz CT molecular complexity index is 594. The first-order valence-corrected chi connectivity index (χ1v) is 8.28. The molecule has 0 aliphatic carbocycles. The van der Waals surface area contributed by atoms with Crippen LogP contribution in [0.4, 0.5) is 0 Å². The minimum Gasteiger partial charge on any atom is -0.507 e. The van der Waals surface area contributed by atoms with Gasteiger partial charge in [0.1, 0.15) is 10.8 Å². The van der Waals surface area contributed by atoms with Gasteiger partial charge in [-0.1, -0.05) is 27.7 Å². The molecule has 0 bridgehead atoms. The summed E-state index contributed by atoms with van der Waals surface area (Å²) in [5, 5.41) is 16.8. The zero-order valence-corrected chi connectivity index (χ0v) is 15.4. The van der Waals surface area contributed by atoms with Crippen LogP contribution in [-0.4, -0.2) is 17.1 Å². The van der Waals surface area contributed by atoms with Crippen LogP contribution in [0.3, 0.4) is 0 Å². The largest absolute Gasteiger partial charge is 0.507 e. The number of hydrogen-bond acceptors (Lipinski definition) is 4. The lowest BCUT2D eigenvalue weighted by molar-refractivity contribution is 0.454. The average molecular weight is 341 g/mol. The van der Waals surface area contributed by atoms with Gasteiger partial charge in [0.05, 0.1) is 5.69 Å². The van der Waals surface area contributed by atoms with Crippen LogP contribution in [0.2, 0.25) is 0 Å². The summed E-state index contributed by atoms with van der Waals surface area (Å²) in [6, 6.07) is 4.15. The van der Waals surface area contributed by atoms with E-state index in [1.165, 1.54) is 0 Å². The third kappa shape index (κ3) is 4.00. The molecular formula is C17H25ClN2OS. The normalized spacial score (nSPS) is 11.0. The van der Waals surface area contributed by atoms with Gasteiger partial charge in [0.25, 0.3) is 0 Å². The number of aromatic hydroxyl groups is 1. The molecule has 0 aliphatic heterocycles. The highest BCUT2D eigenvalue weighted by Crippen LogP contribution is 2.37. The van der Waals surface area contributed by atoms with Gasteiger partial charge in [-0.05, 0) is 42.1 Å². The van der Waals surface area contributed by atoms with Gasteiger partial charge in [-0.15, -0.1) is 23.7 Å². The molecule has 0 atom stereocenters. The van der Waals surface area contributed by atoms with Crippen LogP contribution in [0.25, 0.3) is 11.3 Å². The van der Waals surface area contributed by atoms with E-state index >= 15 is 0 Å². The molecule has 0 unspecified atom stereocenters. The van der Waals surface area contributed by atoms with Crippen molar-refractivity contribution in [2.45, 2.75) is 46.1 Å². The van der Waals surface area contributed by atoms with Crippen LogP contribution in [0.15, 0.2) is 17.5 Å². The Hall–Kier alpha value is -1.10. The predicted molar refractivity (Wildman–Crippen MR) is 97.4 cm³/mol. The van der Waals surface area contributed by atoms with Crippen LogP contribution in [0.1, 0.15) is 55.7 Å². The second kappa shape index (κ2) is 7.95. The standard InChI is InChI=1S/C17H24N2OS.ClH/c1-10(2)13-6-12(7-14(11(3)4)17(13)20)15-9-21-16(19-15)8-18-5;/h6-7,9-11,18,20H,8H2,1-5H3;1H. The average Bonchev–Trinajstić information content (AvgIpc) is 2.87. The first kappa shape index (κ1) is 18.9. The van der Waals surface area contributed by atoms with Gasteiger partial charge in [0, 0.05) is 17.5 Å². The second-order valence-corrected chi connectivity index (χ2v) is 6.91. The number of phenols is 1. The molecule has 0 fully saturated rings. The lowest BCUT2D eigenvalue weighted by Crippen LogP contribution is -2.04. The molecule has 0 aliphatic rings. The van der Waals surface area contributed by atoms with Crippen molar-refractivity contribution in [1.82, 2.24) is 10.3 Å². The summed E-state index contributed by atoms with van der Waals surface area (Å²) < 4.78 is 0. The van der Waals surface area contributed by atoms with E-state index in [-0.39, 0.29) is 24.2 Å². The molecule has 0 saturated heterocycles. The van der Waals surface area contributed by atoms with Crippen molar-refractivity contribution >= 4 is 23.7 Å². The Morgan fingerprint density at radius 2 is 1.68 bits per heavy atom. The zero-order chi connectivity index (χ0) is 15.6. The molecule has 2 rings (SSSR count). The van der Waals surface area contributed by atoms with Crippen molar-refractivity contribution in [3.63, 3.8) is 0 Å². The summed E-state index contributed by atoms with van der Waals surface area (Å²) in [7, 11) is 1.93. The Morgan fingerprint density at radius 3 is 2.14 bits per heavy atom. The van der Waals surface area contributed by atoms with E-state index in [1.54, 1.807) is 11.3 Å². The number of benzene rings is 1. The van der Waals surface area contributed by atoms with Gasteiger partial charge < -0.3 is 10.4 Å². The van der Waals surface area contributed by atoms with Gasteiger partial charge in [0.15, 0.2) is 0 Å². The van der Waals surface area contributed by atoms with Crippen molar-refractivity contribution in [2.24, 2.45) is 0 Å². The van der Waals surface area contributed by atoms with Crippen molar-refractivity contribution in [3.05, 3.63) is 33.6 Å². The SMILES string of the molecule is CNCc1nc(-c2cc(C(C)C)c(O)c(C(C)C)c2)cs1.Cl. The van der Waals surface area contributed by atoms with Gasteiger partial charge in [0.2, 0.25) is 0 Å². The molecule has 0 radical (unpaired) electrons. The third-order valence-electron chi connectivity index (χ3n) is 3.59. The molecule has 1 heterocycles. The number of phenolic OH excluding ortho intramolecular Hbond substituents is 1. The Balaban J connectivity index is 0.00000242. The van der Waals surface area contributed by atoms with E-state index in [0.29, 0.717) is 5.75 Å². The van der Waals surface area contributed by atoms with Gasteiger partial charge in [-0.25, -0.2) is 4.98 Å². The lowest BCUT2D eigenvalue weighted by Gasteiger charge is -2.17. The number of nitrogens with zero attached hydrogens (tertiary/aromatic N) is 1. The van der Waals surface area contributed by atoms with Crippen molar-refractivity contribution in [3.8, 4) is 17.0 Å². The summed E-state index contributed by atoms with van der Waals surface area (Å²) in [6.45, 7) is 9.22. The highest BCUT2D eigenvalue weighted by molar-refractivity contribution is 7.09. The fraction of sp³-hybridized carbons (Fsp3) is 0.471. The van der Waals surface area contributed by atoms with Crippen molar-refractivity contribution < 1.29 is 5.11 Å². The maximum atomic E-state index is 10.5. The van der Waals surface area contributed by atoms with E-state index in [9.17, 15) is 5.11 Å². The van der Waals surface area contributed by atoms with Crippen LogP contribution >= 0.6 is 23.7 Å². The monoisotopic (exact) mass is 340 g/mol. The molecule has 0 spiro atoms. The minimum atomic E-state index is 0. The number of hydrogen-bond donors (Lipinski definition) is 2. The maximum absolute atomic E-state index is 10.5. The fourth-order valence-electron chi connectivity index (χ4n) is 2.38. The van der Waals surface area contributed by atoms with Crippen LogP contribution in [0.5, 0.6) is 5.75 Å². The number of rotatable bonds is 5. The summed E-state index contributed by atoms with van der Waals surface area (Å²) in [5.74, 6) is 1.02. The highest BCUT2D eigenvalue weighted by atomic mass is 35.5. The summed E-state index contributed by atoms with van der Waals surface area (Å²) in [6.07, 6.45) is 0. The second-order valence-electron chi connectivity index (χ2n) is 5.97. The molecule has 0 amide bonds. The zero-order valence-electron chi connectivity index (χ0n) is 13.8. The smallest absolute Gasteiger partial charge is 0.122 e. The quantitative estimate of drug-likeness (QED) is 0.813. The van der Waals surface area contributed by atoms with E-state index in [1.807, 2.05) is 7.05 Å². The van der Waals surface area contributed by atoms with E-state index in [0.717, 1.165) is 33.9 Å². The molecule has 0 saturated carbocycles. The molecule has 2 N–H and O–H groups in total. The highest BCUT2D eigenvalue weighted by Gasteiger charge is 2.16. The molecule has 5 heteroatoms. The Morgan fingerprint density at radius 1 is 1.14 bits per heavy atom. The number of nitrogens with one attached hydrogen (secondary N) is 1. The van der Waals surface area contributed by atoms with Gasteiger partial charge in [-0.2, -0.15) is 0 Å². The maximum Gasteiger partial charge on any atom is 0.122 e. The summed E-state index contributed by atoms with van der Waals surface area (Å²) in [5.41, 5.74) is 4.09. The fourth-order valence-corrected chi connectivity index (χ4v) is 3.20. The molecule has 22 heavy (non-hydrogen) atoms. The lowest BCUT2D eigenvalue weighted by atomic mass is 9.91. The molecule has 2 aromatic rings. The van der Waals surface area contributed by atoms with Crippen LogP contribution in [0, 0.1) is 0 Å². The van der Waals surface area contributed by atoms with Gasteiger partial charge in [-0.3, -0.25) is 0 Å². The van der Waals surface area contributed by atoms with Crippen LogP contribution < -0.4 is 5.32 Å². The topological polar surface area (TPSA) is 45.2 Å². The van der Waals surface area contributed by atoms with E-state index in [4.69, 9.17) is 0 Å². The number of halogens is 1. The molecule has 3 nitrogen and oxygen atoms in total. The van der Waals surface area contributed by atoms with Gasteiger partial charge >= 0.3 is 0 Å².